The molecule has 4 heteroatoms. The fraction of sp³-hybridized carbons (Fsp3) is 0.417. The van der Waals surface area contributed by atoms with Gasteiger partial charge in [0.05, 0.1) is 11.3 Å². The summed E-state index contributed by atoms with van der Waals surface area (Å²) in [6, 6.07) is 6.23. The van der Waals surface area contributed by atoms with E-state index < -0.39 is 5.82 Å². The Kier molecular flexibility index (Phi) is 4.74. The van der Waals surface area contributed by atoms with Crippen LogP contribution < -0.4 is 11.1 Å². The number of hydrogen-bond donors (Lipinski definition) is 2. The number of nitrogens with zero attached hydrogens (tertiary/aromatic N) is 1. The van der Waals surface area contributed by atoms with Gasteiger partial charge in [-0.25, -0.2) is 4.39 Å². The second-order valence-corrected chi connectivity index (χ2v) is 3.67. The molecule has 0 aliphatic carbocycles. The van der Waals surface area contributed by atoms with Gasteiger partial charge in [0.15, 0.2) is 0 Å². The zero-order valence-corrected chi connectivity index (χ0v) is 9.33. The number of hydrogen-bond acceptors (Lipinski definition) is 3. The van der Waals surface area contributed by atoms with Crippen molar-refractivity contribution in [3.05, 3.63) is 29.6 Å². The van der Waals surface area contributed by atoms with E-state index in [0.717, 1.165) is 12.8 Å². The largest absolute Gasteiger partial charge is 0.380 e. The SMILES string of the molecule is CCCC(CN)Nc1ccc(F)cc1C#N. The van der Waals surface area contributed by atoms with Crippen LogP contribution in [0.2, 0.25) is 0 Å². The number of nitrogens with two attached hydrogens (primary N) is 1. The van der Waals surface area contributed by atoms with Crippen molar-refractivity contribution >= 4 is 5.69 Å². The maximum Gasteiger partial charge on any atom is 0.124 e. The zero-order chi connectivity index (χ0) is 12.0. The van der Waals surface area contributed by atoms with E-state index in [1.165, 1.54) is 12.1 Å². The van der Waals surface area contributed by atoms with Gasteiger partial charge >= 0.3 is 0 Å². The minimum atomic E-state index is -0.401. The molecule has 0 fully saturated rings. The van der Waals surface area contributed by atoms with Crippen molar-refractivity contribution in [3.63, 3.8) is 0 Å². The number of benzene rings is 1. The molecule has 1 aromatic rings. The summed E-state index contributed by atoms with van der Waals surface area (Å²) in [5.41, 5.74) is 6.57. The van der Waals surface area contributed by atoms with Gasteiger partial charge in [-0.2, -0.15) is 5.26 Å². The van der Waals surface area contributed by atoms with Gasteiger partial charge in [0, 0.05) is 12.6 Å². The summed E-state index contributed by atoms with van der Waals surface area (Å²) in [6.07, 6.45) is 1.94. The Morgan fingerprint density at radius 1 is 1.56 bits per heavy atom. The molecule has 0 heterocycles. The van der Waals surface area contributed by atoms with Crippen LogP contribution in [0.15, 0.2) is 18.2 Å². The fourth-order valence-corrected chi connectivity index (χ4v) is 1.55. The van der Waals surface area contributed by atoms with Crippen LogP contribution in [0.1, 0.15) is 25.3 Å². The first-order valence-corrected chi connectivity index (χ1v) is 5.37. The highest BCUT2D eigenvalue weighted by atomic mass is 19.1. The molecule has 1 rings (SSSR count). The number of anilines is 1. The van der Waals surface area contributed by atoms with E-state index >= 15 is 0 Å². The van der Waals surface area contributed by atoms with Crippen LogP contribution in [0.3, 0.4) is 0 Å². The lowest BCUT2D eigenvalue weighted by atomic mass is 10.1. The number of nitrogens with one attached hydrogen (secondary N) is 1. The minimum absolute atomic E-state index is 0.127. The Morgan fingerprint density at radius 3 is 2.88 bits per heavy atom. The zero-order valence-electron chi connectivity index (χ0n) is 9.33. The number of rotatable bonds is 5. The number of nitriles is 1. The highest BCUT2D eigenvalue weighted by Crippen LogP contribution is 2.17. The smallest absolute Gasteiger partial charge is 0.124 e. The first-order chi connectivity index (χ1) is 7.71. The molecule has 1 unspecified atom stereocenters. The Morgan fingerprint density at radius 2 is 2.31 bits per heavy atom. The molecule has 0 spiro atoms. The van der Waals surface area contributed by atoms with E-state index in [-0.39, 0.29) is 6.04 Å². The van der Waals surface area contributed by atoms with Gasteiger partial charge in [-0.15, -0.1) is 0 Å². The normalized spacial score (nSPS) is 11.9. The van der Waals surface area contributed by atoms with Gasteiger partial charge in [-0.05, 0) is 24.6 Å². The Bertz CT molecular complexity index is 384. The Hall–Kier alpha value is -1.60. The molecular weight excluding hydrogens is 205 g/mol. The monoisotopic (exact) mass is 221 g/mol. The van der Waals surface area contributed by atoms with Gasteiger partial charge in [-0.3, -0.25) is 0 Å². The van der Waals surface area contributed by atoms with E-state index in [1.807, 2.05) is 6.07 Å². The number of halogens is 1. The highest BCUT2D eigenvalue weighted by molar-refractivity contribution is 5.57. The van der Waals surface area contributed by atoms with E-state index in [0.29, 0.717) is 17.8 Å². The molecule has 0 aliphatic rings. The lowest BCUT2D eigenvalue weighted by molar-refractivity contribution is 0.625. The van der Waals surface area contributed by atoms with Crippen LogP contribution in [0.5, 0.6) is 0 Å². The van der Waals surface area contributed by atoms with Crippen LogP contribution in [0.25, 0.3) is 0 Å². The first kappa shape index (κ1) is 12.5. The molecule has 1 atom stereocenters. The third-order valence-electron chi connectivity index (χ3n) is 2.38. The predicted molar refractivity (Wildman–Crippen MR) is 62.5 cm³/mol. The summed E-state index contributed by atoms with van der Waals surface area (Å²) in [5, 5.41) is 12.0. The van der Waals surface area contributed by atoms with E-state index in [1.54, 1.807) is 6.07 Å². The first-order valence-electron chi connectivity index (χ1n) is 5.37. The maximum atomic E-state index is 12.9. The van der Waals surface area contributed by atoms with Crippen molar-refractivity contribution < 1.29 is 4.39 Å². The molecule has 86 valence electrons. The van der Waals surface area contributed by atoms with Crippen molar-refractivity contribution in [3.8, 4) is 6.07 Å². The summed E-state index contributed by atoms with van der Waals surface area (Å²) in [4.78, 5) is 0. The maximum absolute atomic E-state index is 12.9. The van der Waals surface area contributed by atoms with Crippen molar-refractivity contribution in [2.45, 2.75) is 25.8 Å². The lowest BCUT2D eigenvalue weighted by Gasteiger charge is -2.18. The molecule has 0 bridgehead atoms. The molecule has 0 saturated heterocycles. The van der Waals surface area contributed by atoms with Crippen LogP contribution in [0, 0.1) is 17.1 Å². The molecule has 0 aromatic heterocycles. The minimum Gasteiger partial charge on any atom is -0.380 e. The molecule has 0 amide bonds. The summed E-state index contributed by atoms with van der Waals surface area (Å²) in [5.74, 6) is -0.401. The quantitative estimate of drug-likeness (QED) is 0.801. The molecular formula is C12H16FN3. The standard InChI is InChI=1S/C12H16FN3/c1-2-3-11(8-15)16-12-5-4-10(13)6-9(12)7-14/h4-6,11,16H,2-3,8,15H2,1H3. The van der Waals surface area contributed by atoms with Gasteiger partial charge in [0.25, 0.3) is 0 Å². The molecule has 0 aliphatic heterocycles. The van der Waals surface area contributed by atoms with E-state index in [9.17, 15) is 4.39 Å². The van der Waals surface area contributed by atoms with E-state index in [2.05, 4.69) is 12.2 Å². The molecule has 0 saturated carbocycles. The molecule has 16 heavy (non-hydrogen) atoms. The van der Waals surface area contributed by atoms with Gasteiger partial charge in [0.2, 0.25) is 0 Å². The molecule has 0 radical (unpaired) electrons. The van der Waals surface area contributed by atoms with Crippen molar-refractivity contribution in [1.82, 2.24) is 0 Å². The summed E-state index contributed by atoms with van der Waals surface area (Å²) >= 11 is 0. The van der Waals surface area contributed by atoms with Crippen molar-refractivity contribution in [2.75, 3.05) is 11.9 Å². The second kappa shape index (κ2) is 6.09. The average molecular weight is 221 g/mol. The van der Waals surface area contributed by atoms with Crippen LogP contribution >= 0.6 is 0 Å². The molecule has 3 N–H and O–H groups in total. The molecule has 3 nitrogen and oxygen atoms in total. The summed E-state index contributed by atoms with van der Waals surface area (Å²) in [7, 11) is 0. The predicted octanol–water partition coefficient (Wildman–Crippen LogP) is 2.24. The van der Waals surface area contributed by atoms with Crippen LogP contribution in [0.4, 0.5) is 10.1 Å². The Balaban J connectivity index is 2.83. The van der Waals surface area contributed by atoms with E-state index in [4.69, 9.17) is 11.0 Å². The average Bonchev–Trinajstić information content (AvgIpc) is 2.30. The third-order valence-corrected chi connectivity index (χ3v) is 2.38. The molecule has 1 aromatic carbocycles. The fourth-order valence-electron chi connectivity index (χ4n) is 1.55. The van der Waals surface area contributed by atoms with Gasteiger partial charge in [-0.1, -0.05) is 13.3 Å². The van der Waals surface area contributed by atoms with Crippen LogP contribution in [-0.4, -0.2) is 12.6 Å². The van der Waals surface area contributed by atoms with Crippen molar-refractivity contribution in [2.24, 2.45) is 5.73 Å². The summed E-state index contributed by atoms with van der Waals surface area (Å²) in [6.45, 7) is 2.57. The van der Waals surface area contributed by atoms with Gasteiger partial charge < -0.3 is 11.1 Å². The van der Waals surface area contributed by atoms with Crippen LogP contribution in [-0.2, 0) is 0 Å². The van der Waals surface area contributed by atoms with Crippen molar-refractivity contribution in [1.29, 1.82) is 5.26 Å². The van der Waals surface area contributed by atoms with Gasteiger partial charge in [0.1, 0.15) is 11.9 Å². The third kappa shape index (κ3) is 3.21. The Labute approximate surface area is 95.1 Å². The topological polar surface area (TPSA) is 61.8 Å². The summed E-state index contributed by atoms with van der Waals surface area (Å²) < 4.78 is 12.9. The second-order valence-electron chi connectivity index (χ2n) is 3.67. The highest BCUT2D eigenvalue weighted by Gasteiger charge is 2.09. The lowest BCUT2D eigenvalue weighted by Crippen LogP contribution is -2.28.